The van der Waals surface area contributed by atoms with Crippen LogP contribution in [0.15, 0.2) is 54.6 Å². The number of para-hydroxylation sites is 1. The Morgan fingerprint density at radius 2 is 1.23 bits per heavy atom. The Labute approximate surface area is 127 Å². The smallest absolute Gasteiger partial charge is 0.239 e. The van der Waals surface area contributed by atoms with Crippen molar-refractivity contribution in [1.29, 1.82) is 0 Å². The fraction of sp³-hybridized carbons (Fsp3) is 0.222. The van der Waals surface area contributed by atoms with Crippen LogP contribution < -0.4 is 10.2 Å². The summed E-state index contributed by atoms with van der Waals surface area (Å²) in [5.74, 6) is -0.688. The van der Waals surface area contributed by atoms with E-state index in [1.54, 1.807) is 0 Å². The minimum absolute atomic E-state index is 0.0311. The first-order valence-electron chi connectivity index (χ1n) is 7.55. The Kier molecular flexibility index (Phi) is 2.23. The summed E-state index contributed by atoms with van der Waals surface area (Å²) < 4.78 is 0. The van der Waals surface area contributed by atoms with Gasteiger partial charge in [-0.05, 0) is 23.3 Å². The number of anilines is 1. The topological polar surface area (TPSA) is 49.4 Å². The third-order valence-electron chi connectivity index (χ3n) is 5.16. The average Bonchev–Trinajstić information content (AvgIpc) is 3.19. The third kappa shape index (κ3) is 1.31. The van der Waals surface area contributed by atoms with Crippen molar-refractivity contribution >= 4 is 17.5 Å². The molecule has 0 unspecified atom stereocenters. The SMILES string of the molecule is O=C1[C@@H]2[C@H](C(=O)N1c1ccccc1)[C@H]1N[C@@H]2c2ccccc21. The largest absolute Gasteiger partial charge is 0.301 e. The van der Waals surface area contributed by atoms with E-state index in [2.05, 4.69) is 17.4 Å². The first kappa shape index (κ1) is 12.1. The lowest BCUT2D eigenvalue weighted by atomic mass is 9.77. The van der Waals surface area contributed by atoms with E-state index in [1.165, 1.54) is 16.0 Å². The fourth-order valence-electron chi connectivity index (χ4n) is 4.29. The van der Waals surface area contributed by atoms with Gasteiger partial charge in [-0.3, -0.25) is 9.59 Å². The highest BCUT2D eigenvalue weighted by molar-refractivity contribution is 6.23. The molecule has 0 aliphatic carbocycles. The maximum absolute atomic E-state index is 12.9. The quantitative estimate of drug-likeness (QED) is 0.819. The maximum Gasteiger partial charge on any atom is 0.239 e. The summed E-state index contributed by atoms with van der Waals surface area (Å²) in [6.07, 6.45) is 0. The van der Waals surface area contributed by atoms with E-state index in [4.69, 9.17) is 0 Å². The summed E-state index contributed by atoms with van der Waals surface area (Å²) in [6, 6.07) is 17.3. The second kappa shape index (κ2) is 4.05. The zero-order valence-corrected chi connectivity index (χ0v) is 11.8. The highest BCUT2D eigenvalue weighted by atomic mass is 16.2. The molecule has 3 heterocycles. The van der Waals surface area contributed by atoms with E-state index in [1.807, 2.05) is 42.5 Å². The van der Waals surface area contributed by atoms with E-state index < -0.39 is 0 Å². The number of fused-ring (bicyclic) bond motifs is 8. The highest BCUT2D eigenvalue weighted by Gasteiger charge is 2.63. The molecule has 4 atom stereocenters. The van der Waals surface area contributed by atoms with Crippen molar-refractivity contribution in [3.63, 3.8) is 0 Å². The minimum atomic E-state index is -0.271. The van der Waals surface area contributed by atoms with Gasteiger partial charge in [0.1, 0.15) is 0 Å². The first-order chi connectivity index (χ1) is 10.8. The van der Waals surface area contributed by atoms with Gasteiger partial charge in [0.05, 0.1) is 17.5 Å². The van der Waals surface area contributed by atoms with Crippen LogP contribution in [0, 0.1) is 11.8 Å². The normalized spacial score (nSPS) is 31.5. The zero-order chi connectivity index (χ0) is 14.8. The molecule has 3 aliphatic heterocycles. The Hall–Kier alpha value is -2.46. The molecule has 108 valence electrons. The molecule has 4 nitrogen and oxygen atoms in total. The summed E-state index contributed by atoms with van der Waals surface area (Å²) in [5.41, 5.74) is 3.02. The van der Waals surface area contributed by atoms with Crippen LogP contribution in [0.1, 0.15) is 23.2 Å². The molecule has 2 bridgehead atoms. The molecule has 1 N–H and O–H groups in total. The monoisotopic (exact) mass is 290 g/mol. The lowest BCUT2D eigenvalue weighted by Crippen LogP contribution is -2.34. The van der Waals surface area contributed by atoms with Crippen molar-refractivity contribution in [2.24, 2.45) is 11.8 Å². The molecule has 22 heavy (non-hydrogen) atoms. The number of carbonyl (C=O) groups is 2. The summed E-state index contributed by atoms with van der Waals surface area (Å²) in [4.78, 5) is 27.1. The summed E-state index contributed by atoms with van der Waals surface area (Å²) in [5, 5.41) is 3.46. The highest BCUT2D eigenvalue weighted by Crippen LogP contribution is 2.56. The van der Waals surface area contributed by atoms with Gasteiger partial charge >= 0.3 is 0 Å². The standard InChI is InChI=1S/C18H14N2O2/c21-17-13-14(18(22)20(17)10-6-2-1-3-7-10)16-12-9-5-4-8-11(12)15(13)19-16/h1-9,13-16,19H/t13-,14+,15-,16+. The molecule has 2 fully saturated rings. The van der Waals surface area contributed by atoms with Gasteiger partial charge in [-0.2, -0.15) is 0 Å². The molecule has 0 saturated carbocycles. The molecule has 2 aromatic rings. The lowest BCUT2D eigenvalue weighted by molar-refractivity contribution is -0.123. The van der Waals surface area contributed by atoms with Crippen molar-refractivity contribution < 1.29 is 9.59 Å². The van der Waals surface area contributed by atoms with Gasteiger partial charge in [-0.25, -0.2) is 4.90 Å². The van der Waals surface area contributed by atoms with Crippen LogP contribution in [-0.4, -0.2) is 11.8 Å². The summed E-state index contributed by atoms with van der Waals surface area (Å²) in [6.45, 7) is 0. The molecule has 2 aromatic carbocycles. The predicted molar refractivity (Wildman–Crippen MR) is 81.0 cm³/mol. The molecule has 5 rings (SSSR count). The van der Waals surface area contributed by atoms with Gasteiger partial charge in [0.15, 0.2) is 0 Å². The van der Waals surface area contributed by atoms with E-state index in [9.17, 15) is 9.59 Å². The van der Waals surface area contributed by atoms with Gasteiger partial charge in [-0.1, -0.05) is 42.5 Å². The van der Waals surface area contributed by atoms with Gasteiger partial charge in [0, 0.05) is 12.1 Å². The Balaban J connectivity index is 1.62. The van der Waals surface area contributed by atoms with Crippen LogP contribution in [0.4, 0.5) is 5.69 Å². The number of carbonyl (C=O) groups excluding carboxylic acids is 2. The molecule has 4 heteroatoms. The number of rotatable bonds is 1. The van der Waals surface area contributed by atoms with Crippen molar-refractivity contribution in [3.8, 4) is 0 Å². The maximum atomic E-state index is 12.9. The van der Waals surface area contributed by atoms with Gasteiger partial charge in [0.25, 0.3) is 0 Å². The first-order valence-corrected chi connectivity index (χ1v) is 7.55. The Bertz CT molecular complexity index is 755. The number of hydrogen-bond donors (Lipinski definition) is 1. The molecule has 2 saturated heterocycles. The van der Waals surface area contributed by atoms with Crippen LogP contribution >= 0.6 is 0 Å². The van der Waals surface area contributed by atoms with Gasteiger partial charge in [0.2, 0.25) is 11.8 Å². The molecule has 0 aromatic heterocycles. The van der Waals surface area contributed by atoms with E-state index in [-0.39, 0.29) is 35.7 Å². The minimum Gasteiger partial charge on any atom is -0.301 e. The van der Waals surface area contributed by atoms with Crippen molar-refractivity contribution in [1.82, 2.24) is 5.32 Å². The van der Waals surface area contributed by atoms with Crippen LogP contribution in [0.3, 0.4) is 0 Å². The van der Waals surface area contributed by atoms with Crippen LogP contribution in [0.5, 0.6) is 0 Å². The number of nitrogens with one attached hydrogen (secondary N) is 1. The Morgan fingerprint density at radius 3 is 1.77 bits per heavy atom. The Morgan fingerprint density at radius 1 is 0.727 bits per heavy atom. The summed E-state index contributed by atoms with van der Waals surface area (Å²) in [7, 11) is 0. The number of amides is 2. The van der Waals surface area contributed by atoms with Gasteiger partial charge in [-0.15, -0.1) is 0 Å². The lowest BCUT2D eigenvalue weighted by Gasteiger charge is -2.21. The van der Waals surface area contributed by atoms with E-state index >= 15 is 0 Å². The van der Waals surface area contributed by atoms with Crippen LogP contribution in [0.2, 0.25) is 0 Å². The number of nitrogens with zero attached hydrogens (tertiary/aromatic N) is 1. The number of hydrogen-bond acceptors (Lipinski definition) is 3. The molecule has 2 amide bonds. The molecule has 0 spiro atoms. The van der Waals surface area contributed by atoms with Crippen LogP contribution in [-0.2, 0) is 9.59 Å². The third-order valence-corrected chi connectivity index (χ3v) is 5.16. The van der Waals surface area contributed by atoms with E-state index in [0.717, 1.165) is 0 Å². The van der Waals surface area contributed by atoms with Crippen molar-refractivity contribution in [2.45, 2.75) is 12.1 Å². The molecular weight excluding hydrogens is 276 g/mol. The van der Waals surface area contributed by atoms with Crippen molar-refractivity contribution in [2.75, 3.05) is 4.90 Å². The molecular formula is C18H14N2O2. The van der Waals surface area contributed by atoms with Crippen LogP contribution in [0.25, 0.3) is 0 Å². The van der Waals surface area contributed by atoms with Gasteiger partial charge < -0.3 is 5.32 Å². The second-order valence-corrected chi connectivity index (χ2v) is 6.15. The zero-order valence-electron chi connectivity index (χ0n) is 11.8. The number of imide groups is 1. The molecule has 0 radical (unpaired) electrons. The summed E-state index contributed by atoms with van der Waals surface area (Å²) >= 11 is 0. The van der Waals surface area contributed by atoms with Crippen molar-refractivity contribution in [3.05, 3.63) is 65.7 Å². The fourth-order valence-corrected chi connectivity index (χ4v) is 4.29. The average molecular weight is 290 g/mol. The molecule has 3 aliphatic rings. The second-order valence-electron chi connectivity index (χ2n) is 6.15. The van der Waals surface area contributed by atoms with E-state index in [0.29, 0.717) is 5.69 Å². The predicted octanol–water partition coefficient (Wildman–Crippen LogP) is 2.19. The number of benzene rings is 2.